The van der Waals surface area contributed by atoms with Gasteiger partial charge >= 0.3 is 12.1 Å². The van der Waals surface area contributed by atoms with Crippen LogP contribution in [0.25, 0.3) is 5.69 Å². The van der Waals surface area contributed by atoms with E-state index in [0.29, 0.717) is 11.4 Å². The first kappa shape index (κ1) is 14.3. The minimum atomic E-state index is -1.15. The molecular weight excluding hydrogens is 276 g/mol. The number of ether oxygens (including phenoxy) is 1. The van der Waals surface area contributed by atoms with E-state index in [1.165, 1.54) is 17.0 Å². The number of carbonyl (C=O) groups is 2. The molecule has 8 nitrogen and oxygen atoms in total. The van der Waals surface area contributed by atoms with E-state index in [0.717, 1.165) is 0 Å². The molecular formula is C13H12N4O4. The van der Waals surface area contributed by atoms with Crippen LogP contribution < -0.4 is 5.32 Å². The highest BCUT2D eigenvalue weighted by Gasteiger charge is 2.09. The second-order valence-electron chi connectivity index (χ2n) is 3.91. The molecule has 0 aliphatic heterocycles. The Morgan fingerprint density at radius 1 is 1.38 bits per heavy atom. The number of nitrogens with zero attached hydrogens (tertiary/aromatic N) is 3. The van der Waals surface area contributed by atoms with Crippen LogP contribution in [-0.4, -0.2) is 38.8 Å². The fourth-order valence-electron chi connectivity index (χ4n) is 1.47. The zero-order chi connectivity index (χ0) is 15.2. The van der Waals surface area contributed by atoms with Crippen LogP contribution in [0.5, 0.6) is 0 Å². The molecule has 1 heterocycles. The number of hydrogen-bond donors (Lipinski definition) is 2. The van der Waals surface area contributed by atoms with Crippen LogP contribution in [0, 0.1) is 0 Å². The minimum absolute atomic E-state index is 0.126. The zero-order valence-corrected chi connectivity index (χ0v) is 10.9. The monoisotopic (exact) mass is 288 g/mol. The third kappa shape index (κ3) is 3.66. The molecule has 0 saturated heterocycles. The van der Waals surface area contributed by atoms with Gasteiger partial charge in [0.05, 0.1) is 11.9 Å². The normalized spacial score (nSPS) is 9.90. The van der Waals surface area contributed by atoms with Crippen molar-refractivity contribution in [1.82, 2.24) is 15.0 Å². The van der Waals surface area contributed by atoms with Crippen molar-refractivity contribution >= 4 is 17.7 Å². The van der Waals surface area contributed by atoms with Crippen LogP contribution in [0.15, 0.2) is 43.1 Å². The number of benzene rings is 1. The lowest BCUT2D eigenvalue weighted by atomic mass is 10.3. The Morgan fingerprint density at radius 3 is 2.67 bits per heavy atom. The number of nitrogens with one attached hydrogen (secondary N) is 1. The van der Waals surface area contributed by atoms with Crippen LogP contribution in [0.2, 0.25) is 0 Å². The molecule has 0 radical (unpaired) electrons. The molecule has 0 saturated carbocycles. The average Bonchev–Trinajstić information content (AvgIpc) is 2.96. The molecule has 2 N–H and O–H groups in total. The highest BCUT2D eigenvalue weighted by Crippen LogP contribution is 2.13. The second kappa shape index (κ2) is 6.33. The van der Waals surface area contributed by atoms with Gasteiger partial charge in [-0.15, -0.1) is 5.10 Å². The number of anilines is 1. The quantitative estimate of drug-likeness (QED) is 0.811. The van der Waals surface area contributed by atoms with Crippen molar-refractivity contribution in [2.45, 2.75) is 0 Å². The van der Waals surface area contributed by atoms with E-state index in [2.05, 4.69) is 22.2 Å². The van der Waals surface area contributed by atoms with Gasteiger partial charge in [-0.3, -0.25) is 5.32 Å². The topological polar surface area (TPSA) is 106 Å². The summed E-state index contributed by atoms with van der Waals surface area (Å²) in [6.45, 7) is 3.56. The van der Waals surface area contributed by atoms with Crippen LogP contribution in [0.3, 0.4) is 0 Å². The number of aromatic nitrogens is 3. The predicted molar refractivity (Wildman–Crippen MR) is 73.5 cm³/mol. The van der Waals surface area contributed by atoms with E-state index in [4.69, 9.17) is 9.84 Å². The van der Waals surface area contributed by atoms with Crippen LogP contribution in [0.4, 0.5) is 10.5 Å². The number of aromatic carboxylic acids is 1. The maximum atomic E-state index is 11.3. The fraction of sp³-hybridized carbons (Fsp3) is 0.0769. The summed E-state index contributed by atoms with van der Waals surface area (Å²) >= 11 is 0. The maximum Gasteiger partial charge on any atom is 0.411 e. The van der Waals surface area contributed by atoms with E-state index >= 15 is 0 Å². The van der Waals surface area contributed by atoms with Crippen molar-refractivity contribution in [3.8, 4) is 5.69 Å². The predicted octanol–water partition coefficient (Wildman–Crippen LogP) is 1.70. The molecule has 0 bridgehead atoms. The summed E-state index contributed by atoms with van der Waals surface area (Å²) in [5, 5.41) is 18.5. The van der Waals surface area contributed by atoms with Crippen LogP contribution in [0.1, 0.15) is 10.5 Å². The molecule has 1 amide bonds. The summed E-state index contributed by atoms with van der Waals surface area (Å²) in [5.74, 6) is -1.15. The average molecular weight is 288 g/mol. The molecule has 1 aromatic carbocycles. The van der Waals surface area contributed by atoms with Crippen molar-refractivity contribution < 1.29 is 19.4 Å². The summed E-state index contributed by atoms with van der Waals surface area (Å²) in [6, 6.07) is 6.58. The smallest absolute Gasteiger partial charge is 0.411 e. The molecule has 0 fully saturated rings. The standard InChI is InChI=1S/C13H12N4O4/c1-2-7-21-13(20)14-9-3-5-10(6-4-9)17-8-11(12(18)19)15-16-17/h2-6,8H,1,7H2,(H,14,20)(H,18,19). The first-order chi connectivity index (χ1) is 10.1. The second-order valence-corrected chi connectivity index (χ2v) is 3.91. The van der Waals surface area contributed by atoms with Crippen molar-refractivity contribution in [2.75, 3.05) is 11.9 Å². The Kier molecular flexibility index (Phi) is 4.30. The Bertz CT molecular complexity index is 663. The van der Waals surface area contributed by atoms with Gasteiger partial charge in [0, 0.05) is 5.69 Å². The highest BCUT2D eigenvalue weighted by atomic mass is 16.5. The molecule has 2 rings (SSSR count). The number of carboxylic acids is 1. The number of carbonyl (C=O) groups excluding carboxylic acids is 1. The maximum absolute atomic E-state index is 11.3. The van der Waals surface area contributed by atoms with E-state index in [1.807, 2.05) is 0 Å². The summed E-state index contributed by atoms with van der Waals surface area (Å²) < 4.78 is 6.10. The van der Waals surface area contributed by atoms with Gasteiger partial charge in [-0.25, -0.2) is 14.3 Å². The molecule has 1 aromatic heterocycles. The zero-order valence-electron chi connectivity index (χ0n) is 10.9. The van der Waals surface area contributed by atoms with Crippen LogP contribution in [-0.2, 0) is 4.74 Å². The van der Waals surface area contributed by atoms with Gasteiger partial charge in [0.25, 0.3) is 0 Å². The van der Waals surface area contributed by atoms with Gasteiger partial charge in [0.1, 0.15) is 6.61 Å². The number of hydrogen-bond acceptors (Lipinski definition) is 5. The molecule has 8 heteroatoms. The summed E-state index contributed by atoms with van der Waals surface area (Å²) in [7, 11) is 0. The van der Waals surface area contributed by atoms with Crippen molar-refractivity contribution in [3.63, 3.8) is 0 Å². The Balaban J connectivity index is 2.05. The fourth-order valence-corrected chi connectivity index (χ4v) is 1.47. The molecule has 0 aliphatic carbocycles. The Morgan fingerprint density at radius 2 is 2.10 bits per heavy atom. The van der Waals surface area contributed by atoms with Gasteiger partial charge < -0.3 is 9.84 Å². The van der Waals surface area contributed by atoms with Gasteiger partial charge in [0.15, 0.2) is 5.69 Å². The molecule has 0 spiro atoms. The number of amides is 1. The third-order valence-electron chi connectivity index (χ3n) is 2.42. The Labute approximate surface area is 119 Å². The molecule has 2 aromatic rings. The summed E-state index contributed by atoms with van der Waals surface area (Å²) in [6.07, 6.45) is 2.17. The lowest BCUT2D eigenvalue weighted by Crippen LogP contribution is -2.13. The van der Waals surface area contributed by atoms with Gasteiger partial charge in [-0.2, -0.15) is 0 Å². The molecule has 0 atom stereocenters. The number of carboxylic acid groups (broad SMARTS) is 1. The molecule has 21 heavy (non-hydrogen) atoms. The van der Waals surface area contributed by atoms with Crippen molar-refractivity contribution in [1.29, 1.82) is 0 Å². The van der Waals surface area contributed by atoms with E-state index in [9.17, 15) is 9.59 Å². The van der Waals surface area contributed by atoms with Crippen molar-refractivity contribution in [3.05, 3.63) is 48.8 Å². The lowest BCUT2D eigenvalue weighted by Gasteiger charge is -2.06. The Hall–Kier alpha value is -3.16. The van der Waals surface area contributed by atoms with E-state index < -0.39 is 12.1 Å². The number of rotatable bonds is 5. The third-order valence-corrected chi connectivity index (χ3v) is 2.42. The highest BCUT2D eigenvalue weighted by molar-refractivity contribution is 5.85. The van der Waals surface area contributed by atoms with E-state index in [-0.39, 0.29) is 12.3 Å². The molecule has 0 unspecified atom stereocenters. The van der Waals surface area contributed by atoms with E-state index in [1.54, 1.807) is 24.3 Å². The minimum Gasteiger partial charge on any atom is -0.476 e. The molecule has 0 aliphatic rings. The largest absolute Gasteiger partial charge is 0.476 e. The van der Waals surface area contributed by atoms with Gasteiger partial charge in [-0.1, -0.05) is 17.9 Å². The van der Waals surface area contributed by atoms with Gasteiger partial charge in [0.2, 0.25) is 0 Å². The first-order valence-electron chi connectivity index (χ1n) is 5.91. The van der Waals surface area contributed by atoms with Crippen LogP contribution >= 0.6 is 0 Å². The van der Waals surface area contributed by atoms with Crippen molar-refractivity contribution in [2.24, 2.45) is 0 Å². The first-order valence-corrected chi connectivity index (χ1v) is 5.91. The van der Waals surface area contributed by atoms with Gasteiger partial charge in [-0.05, 0) is 24.3 Å². The lowest BCUT2D eigenvalue weighted by molar-refractivity contribution is 0.0690. The molecule has 108 valence electrons. The summed E-state index contributed by atoms with van der Waals surface area (Å²) in [4.78, 5) is 22.1. The SMILES string of the molecule is C=CCOC(=O)Nc1ccc(-n2cc(C(=O)O)nn2)cc1. The summed E-state index contributed by atoms with van der Waals surface area (Å²) in [5.41, 5.74) is 0.997.